The summed E-state index contributed by atoms with van der Waals surface area (Å²) in [6, 6.07) is 13.8. The van der Waals surface area contributed by atoms with Gasteiger partial charge in [-0.3, -0.25) is 4.79 Å². The van der Waals surface area contributed by atoms with Crippen LogP contribution in [-0.4, -0.2) is 11.0 Å². The van der Waals surface area contributed by atoms with Gasteiger partial charge in [-0.2, -0.15) is 7.11 Å². The van der Waals surface area contributed by atoms with Gasteiger partial charge in [0.2, 0.25) is 5.91 Å². The maximum atomic E-state index is 11.7. The molecule has 1 radical (unpaired) electrons. The number of ether oxygens (including phenoxy) is 1. The maximum absolute atomic E-state index is 11.7. The molecule has 0 bridgehead atoms. The van der Waals surface area contributed by atoms with Gasteiger partial charge in [-0.15, -0.1) is 0 Å². The van der Waals surface area contributed by atoms with Crippen molar-refractivity contribution in [1.82, 2.24) is 5.43 Å². The van der Waals surface area contributed by atoms with Crippen molar-refractivity contribution in [3.63, 3.8) is 0 Å². The number of nitrogens with one attached hydrogen (secondary N) is 1. The van der Waals surface area contributed by atoms with E-state index in [1.807, 2.05) is 18.2 Å². The summed E-state index contributed by atoms with van der Waals surface area (Å²) in [5.74, 6) is 0.668. The Balaban J connectivity index is 0.00000242. The van der Waals surface area contributed by atoms with Crippen LogP contribution in [0.2, 0.25) is 0 Å². The second-order valence-electron chi connectivity index (χ2n) is 4.50. The number of phenolic OH excluding ortho intramolecular Hbond substituents is 1. The first kappa shape index (κ1) is 18.6. The fourth-order valence-corrected chi connectivity index (χ4v) is 1.90. The van der Waals surface area contributed by atoms with Crippen LogP contribution in [0.1, 0.15) is 12.5 Å². The molecule has 0 heterocycles. The minimum Gasteiger partial charge on any atom is -0.665 e. The first-order valence-corrected chi connectivity index (χ1v) is 6.44. The molecule has 0 fully saturated rings. The number of hydrazine groups is 1. The Hall–Kier alpha value is -1.43. The Morgan fingerprint density at radius 1 is 1.27 bits per heavy atom. The monoisotopic (exact) mass is 374 g/mol. The normalized spacial score (nSPS) is 9.73. The van der Waals surface area contributed by atoms with Crippen LogP contribution in [0.4, 0.5) is 5.69 Å². The van der Waals surface area contributed by atoms with Gasteiger partial charge in [-0.25, -0.2) is 10.4 Å². The summed E-state index contributed by atoms with van der Waals surface area (Å²) in [6.07, 6.45) is 0. The number of nitrogens with zero attached hydrogens (tertiary/aromatic N) is 1. The molecule has 2 rings (SSSR count). The van der Waals surface area contributed by atoms with E-state index in [1.165, 1.54) is 24.1 Å². The smallest absolute Gasteiger partial charge is 0.238 e. The van der Waals surface area contributed by atoms with Crippen molar-refractivity contribution in [3.05, 3.63) is 61.2 Å². The second-order valence-corrected chi connectivity index (χ2v) is 4.50. The molecule has 0 aliphatic rings. The van der Waals surface area contributed by atoms with E-state index in [2.05, 4.69) is 12.5 Å². The third kappa shape index (κ3) is 5.09. The molecule has 0 saturated carbocycles. The third-order valence-corrected chi connectivity index (χ3v) is 2.93. The zero-order valence-corrected chi connectivity index (χ0v) is 15.2. The van der Waals surface area contributed by atoms with Gasteiger partial charge in [0.15, 0.2) is 0 Å². The van der Waals surface area contributed by atoms with Gasteiger partial charge in [0, 0.05) is 46.2 Å². The average Bonchev–Trinajstić information content (AvgIpc) is 2.49. The van der Waals surface area contributed by atoms with Crippen LogP contribution >= 0.6 is 0 Å². The molecule has 2 aromatic carbocycles. The Morgan fingerprint density at radius 3 is 2.55 bits per heavy atom. The van der Waals surface area contributed by atoms with Crippen LogP contribution in [-0.2, 0) is 44.0 Å². The number of hydrogen-bond acceptors (Lipinski definition) is 4. The fraction of sp³-hybridized carbons (Fsp3) is 0.125. The van der Waals surface area contributed by atoms with Crippen molar-refractivity contribution in [2.75, 3.05) is 5.01 Å². The van der Waals surface area contributed by atoms with Crippen LogP contribution in [0.15, 0.2) is 48.5 Å². The quantitative estimate of drug-likeness (QED) is 0.624. The summed E-state index contributed by atoms with van der Waals surface area (Å²) in [4.78, 5) is 11.7. The largest absolute Gasteiger partial charge is 0.665 e. The summed E-state index contributed by atoms with van der Waals surface area (Å²) in [5.41, 5.74) is 4.67. The van der Waals surface area contributed by atoms with Crippen LogP contribution in [0.3, 0.4) is 0 Å². The van der Waals surface area contributed by atoms with Crippen molar-refractivity contribution in [2.24, 2.45) is 0 Å². The zero-order valence-electron chi connectivity index (χ0n) is 12.3. The molecule has 0 aliphatic heterocycles. The van der Waals surface area contributed by atoms with Crippen LogP contribution in [0.25, 0.3) is 0 Å². The zero-order chi connectivity index (χ0) is 15.2. The van der Waals surface area contributed by atoms with Crippen LogP contribution in [0, 0.1) is 7.11 Å². The molecular formula is C16H17N2O3Y-. The van der Waals surface area contributed by atoms with E-state index in [4.69, 9.17) is 4.74 Å². The minimum atomic E-state index is -0.148. The fourth-order valence-electron chi connectivity index (χ4n) is 1.90. The van der Waals surface area contributed by atoms with Crippen molar-refractivity contribution in [1.29, 1.82) is 0 Å². The molecule has 0 aliphatic carbocycles. The molecule has 5 nitrogen and oxygen atoms in total. The summed E-state index contributed by atoms with van der Waals surface area (Å²) in [5, 5.41) is 10.7. The number of anilines is 1. The number of benzene rings is 2. The number of carbonyl (C=O) groups excluding carboxylic acids is 1. The van der Waals surface area contributed by atoms with Gasteiger partial charge in [0.25, 0.3) is 0 Å². The Bertz CT molecular complexity index is 617. The molecule has 0 saturated heterocycles. The minimum absolute atomic E-state index is 0. The Morgan fingerprint density at radius 2 is 1.95 bits per heavy atom. The molecule has 0 unspecified atom stereocenters. The SMILES string of the molecule is [CH2-]Oc1cccc(CNN(C(C)=O)c2ccc(O)cc2)c1.[Y]. The number of rotatable bonds is 5. The molecule has 0 spiro atoms. The Kier molecular flexibility index (Phi) is 7.52. The van der Waals surface area contributed by atoms with Gasteiger partial charge < -0.3 is 9.84 Å². The molecule has 6 heteroatoms. The van der Waals surface area contributed by atoms with E-state index in [9.17, 15) is 9.90 Å². The van der Waals surface area contributed by atoms with Gasteiger partial charge >= 0.3 is 0 Å². The first-order valence-electron chi connectivity index (χ1n) is 6.44. The molecule has 0 atom stereocenters. The van der Waals surface area contributed by atoms with Crippen molar-refractivity contribution in [3.8, 4) is 11.5 Å². The molecular weight excluding hydrogens is 357 g/mol. The molecule has 0 aromatic heterocycles. The van der Waals surface area contributed by atoms with Gasteiger partial charge in [0.1, 0.15) is 5.75 Å². The second kappa shape index (κ2) is 8.88. The number of hydrogen-bond donors (Lipinski definition) is 2. The number of carbonyl (C=O) groups is 1. The third-order valence-electron chi connectivity index (χ3n) is 2.93. The van der Waals surface area contributed by atoms with Gasteiger partial charge in [-0.05, 0) is 42.0 Å². The average molecular weight is 374 g/mol. The predicted octanol–water partition coefficient (Wildman–Crippen LogP) is 2.62. The number of phenols is 1. The van der Waals surface area contributed by atoms with E-state index >= 15 is 0 Å². The van der Waals surface area contributed by atoms with E-state index < -0.39 is 0 Å². The molecule has 1 amide bonds. The van der Waals surface area contributed by atoms with Crippen LogP contribution < -0.4 is 15.2 Å². The van der Waals surface area contributed by atoms with Crippen LogP contribution in [0.5, 0.6) is 11.5 Å². The summed E-state index contributed by atoms with van der Waals surface area (Å²) < 4.78 is 4.92. The standard InChI is InChI=1S/C16H17N2O3.Y/c1-12(19)18(14-6-8-15(20)9-7-14)17-11-13-4-3-5-16(10-13)21-2;/h3-10,17,20H,2,11H2,1H3;/q-1;. The van der Waals surface area contributed by atoms with Gasteiger partial charge in [0.05, 0.1) is 11.4 Å². The number of amides is 1. The summed E-state index contributed by atoms with van der Waals surface area (Å²) in [7, 11) is 3.37. The van der Waals surface area contributed by atoms with Crippen molar-refractivity contribution in [2.45, 2.75) is 13.5 Å². The molecule has 2 N–H and O–H groups in total. The summed E-state index contributed by atoms with van der Waals surface area (Å²) in [6.45, 7) is 1.92. The molecule has 22 heavy (non-hydrogen) atoms. The summed E-state index contributed by atoms with van der Waals surface area (Å²) >= 11 is 0. The van der Waals surface area contributed by atoms with Crippen molar-refractivity contribution >= 4 is 11.6 Å². The van der Waals surface area contributed by atoms with E-state index in [0.29, 0.717) is 18.0 Å². The van der Waals surface area contributed by atoms with E-state index in [-0.39, 0.29) is 44.4 Å². The molecule has 2 aromatic rings. The van der Waals surface area contributed by atoms with E-state index in [0.717, 1.165) is 5.56 Å². The van der Waals surface area contributed by atoms with E-state index in [1.54, 1.807) is 18.2 Å². The van der Waals surface area contributed by atoms with Gasteiger partial charge in [-0.1, -0.05) is 12.1 Å². The Labute approximate surface area is 155 Å². The number of aromatic hydroxyl groups is 1. The topological polar surface area (TPSA) is 61.8 Å². The van der Waals surface area contributed by atoms with Crippen molar-refractivity contribution < 1.29 is 47.3 Å². The maximum Gasteiger partial charge on any atom is 0.238 e. The molecule has 113 valence electrons. The predicted molar refractivity (Wildman–Crippen MR) is 80.5 cm³/mol. The first-order chi connectivity index (χ1) is 10.1.